The van der Waals surface area contributed by atoms with Crippen LogP contribution in [0.1, 0.15) is 49.0 Å². The fourth-order valence-electron chi connectivity index (χ4n) is 5.98. The summed E-state index contributed by atoms with van der Waals surface area (Å²) in [5, 5.41) is 48.9. The number of carbonyl (C=O) groups excluding carboxylic acids is 4. The van der Waals surface area contributed by atoms with Gasteiger partial charge in [-0.2, -0.15) is 0 Å². The lowest BCUT2D eigenvalue weighted by molar-refractivity contribution is -0.277. The Morgan fingerprint density at radius 1 is 0.926 bits per heavy atom. The van der Waals surface area contributed by atoms with Crippen LogP contribution in [0, 0.1) is 5.92 Å². The van der Waals surface area contributed by atoms with E-state index in [4.69, 9.17) is 26.7 Å². The molecule has 1 aromatic heterocycles. The molecular formula is C36H50N8O10. The number of aliphatic imine (C=N–C) groups is 1. The van der Waals surface area contributed by atoms with Gasteiger partial charge in [0.1, 0.15) is 48.3 Å². The van der Waals surface area contributed by atoms with Crippen molar-refractivity contribution >= 4 is 40.5 Å². The first-order chi connectivity index (χ1) is 25.7. The largest absolute Gasteiger partial charge is 0.462 e. The number of H-pyrrole nitrogens is 1. The number of carbonyl (C=O) groups is 4. The molecular weight excluding hydrogens is 704 g/mol. The standard InChI is InChI=1S/C36H50N8O10/c1-3-18(2)27(31(37)49)44-33(51)24(9-6-14-40-36(38)39)42-34(52)25(15-20-16-41-23-8-5-4-7-22(20)23)43-32(50)19-10-12-21(13-11-19)53-35-30(48)29(47)28(46)26(17-45)54-35/h4-5,7-8,10-13,16,18,24-30,35,41,45-48H,3,6,9,14-15,17H2,1-2H3,(H2,37,49)(H,42,52)(H,43,50)(H,44,51)(H4,38,39,40)/t18-,24-,25-,26+,27-,28-,29-,30+,35+/m0/s1. The van der Waals surface area contributed by atoms with E-state index in [0.29, 0.717) is 12.0 Å². The third kappa shape index (κ3) is 10.7. The van der Waals surface area contributed by atoms with Crippen molar-refractivity contribution in [2.24, 2.45) is 28.1 Å². The molecule has 0 radical (unpaired) electrons. The van der Waals surface area contributed by atoms with Crippen molar-refractivity contribution in [1.82, 2.24) is 20.9 Å². The van der Waals surface area contributed by atoms with Gasteiger partial charge in [-0.1, -0.05) is 38.5 Å². The number of hydrogen-bond donors (Lipinski definition) is 11. The smallest absolute Gasteiger partial charge is 0.251 e. The van der Waals surface area contributed by atoms with Crippen LogP contribution in [0.2, 0.25) is 0 Å². The van der Waals surface area contributed by atoms with E-state index in [0.717, 1.165) is 10.9 Å². The van der Waals surface area contributed by atoms with Gasteiger partial charge in [-0.25, -0.2) is 0 Å². The van der Waals surface area contributed by atoms with Crippen molar-refractivity contribution in [3.8, 4) is 5.75 Å². The Bertz CT molecular complexity index is 1760. The van der Waals surface area contributed by atoms with Crippen molar-refractivity contribution in [2.45, 2.75) is 88.4 Å². The normalized spacial score (nSPS) is 21.9. The summed E-state index contributed by atoms with van der Waals surface area (Å²) in [6.07, 6.45) is -4.76. The SMILES string of the molecule is CC[C@H](C)[C@H](NC(=O)[C@H](CCCN=C(N)N)NC(=O)[C@H](Cc1c[nH]c2ccccc12)NC(=O)c1ccc(O[C@@H]2O[C@H](CO)[C@H](O)[C@H](O)[C@H]2O)cc1)C(N)=O. The maximum absolute atomic E-state index is 14.1. The van der Waals surface area contributed by atoms with Crippen molar-refractivity contribution < 1.29 is 49.1 Å². The Morgan fingerprint density at radius 2 is 1.61 bits per heavy atom. The van der Waals surface area contributed by atoms with Crippen LogP contribution in [-0.2, 0) is 25.5 Å². The van der Waals surface area contributed by atoms with Crippen LogP contribution >= 0.6 is 0 Å². The monoisotopic (exact) mass is 754 g/mol. The highest BCUT2D eigenvalue weighted by Gasteiger charge is 2.44. The van der Waals surface area contributed by atoms with Crippen LogP contribution in [0.4, 0.5) is 0 Å². The molecule has 0 aliphatic carbocycles. The fourth-order valence-corrected chi connectivity index (χ4v) is 5.98. The number of benzene rings is 2. The van der Waals surface area contributed by atoms with E-state index < -0.39 is 79.1 Å². The fraction of sp³-hybridized carbons (Fsp3) is 0.472. The molecule has 2 aromatic carbocycles. The van der Waals surface area contributed by atoms with Crippen molar-refractivity contribution in [2.75, 3.05) is 13.2 Å². The number of rotatable bonds is 18. The second-order valence-electron chi connectivity index (χ2n) is 13.2. The number of aromatic amines is 1. The molecule has 3 aromatic rings. The lowest BCUT2D eigenvalue weighted by Gasteiger charge is -2.39. The second-order valence-corrected chi connectivity index (χ2v) is 13.2. The lowest BCUT2D eigenvalue weighted by atomic mass is 9.97. The number of ether oxygens (including phenoxy) is 2. The van der Waals surface area contributed by atoms with Gasteiger partial charge in [0.25, 0.3) is 5.91 Å². The minimum absolute atomic E-state index is 0.0268. The van der Waals surface area contributed by atoms with E-state index in [1.807, 2.05) is 31.2 Å². The first kappa shape index (κ1) is 41.5. The number of aromatic nitrogens is 1. The summed E-state index contributed by atoms with van der Waals surface area (Å²) in [4.78, 5) is 60.6. The molecule has 0 unspecified atom stereocenters. The molecule has 14 N–H and O–H groups in total. The quantitative estimate of drug-likeness (QED) is 0.0391. The van der Waals surface area contributed by atoms with Gasteiger partial charge < -0.3 is 68.0 Å². The lowest BCUT2D eigenvalue weighted by Crippen LogP contribution is -2.60. The zero-order valence-corrected chi connectivity index (χ0v) is 30.1. The predicted molar refractivity (Wildman–Crippen MR) is 197 cm³/mol. The Kier molecular flexibility index (Phi) is 14.7. The molecule has 54 heavy (non-hydrogen) atoms. The molecule has 2 heterocycles. The van der Waals surface area contributed by atoms with Crippen LogP contribution < -0.4 is 37.9 Å². The van der Waals surface area contributed by atoms with E-state index in [1.165, 1.54) is 24.3 Å². The van der Waals surface area contributed by atoms with Crippen LogP contribution in [-0.4, -0.2) is 117 Å². The second kappa shape index (κ2) is 19.2. The Hall–Kier alpha value is -5.27. The van der Waals surface area contributed by atoms with Crippen LogP contribution in [0.25, 0.3) is 10.9 Å². The van der Waals surface area contributed by atoms with Gasteiger partial charge in [-0.05, 0) is 54.7 Å². The molecule has 18 heteroatoms. The molecule has 0 bridgehead atoms. The van der Waals surface area contributed by atoms with E-state index in [9.17, 15) is 39.6 Å². The van der Waals surface area contributed by atoms with Gasteiger partial charge in [0.05, 0.1) is 6.61 Å². The number of amides is 4. The highest BCUT2D eigenvalue weighted by molar-refractivity contribution is 5.99. The van der Waals surface area contributed by atoms with Crippen LogP contribution in [0.15, 0.2) is 59.7 Å². The zero-order chi connectivity index (χ0) is 39.5. The Labute approximate surface area is 311 Å². The van der Waals surface area contributed by atoms with E-state index >= 15 is 0 Å². The van der Waals surface area contributed by atoms with E-state index in [1.54, 1.807) is 13.1 Å². The number of nitrogens with one attached hydrogen (secondary N) is 4. The molecule has 0 spiro atoms. The minimum Gasteiger partial charge on any atom is -0.462 e. The van der Waals surface area contributed by atoms with Gasteiger partial charge in [0.15, 0.2) is 5.96 Å². The topological polar surface area (TPSA) is 310 Å². The van der Waals surface area contributed by atoms with Gasteiger partial charge >= 0.3 is 0 Å². The maximum Gasteiger partial charge on any atom is 0.251 e. The van der Waals surface area contributed by atoms with Crippen molar-refractivity contribution in [3.63, 3.8) is 0 Å². The first-order valence-electron chi connectivity index (χ1n) is 17.6. The third-order valence-electron chi connectivity index (χ3n) is 9.33. The summed E-state index contributed by atoms with van der Waals surface area (Å²) in [7, 11) is 0. The highest BCUT2D eigenvalue weighted by atomic mass is 16.7. The van der Waals surface area contributed by atoms with Gasteiger partial charge in [0.2, 0.25) is 24.0 Å². The molecule has 18 nitrogen and oxygen atoms in total. The molecule has 9 atom stereocenters. The average Bonchev–Trinajstić information content (AvgIpc) is 3.56. The molecule has 1 fully saturated rings. The number of fused-ring (bicyclic) bond motifs is 1. The zero-order valence-electron chi connectivity index (χ0n) is 30.1. The Morgan fingerprint density at radius 3 is 2.26 bits per heavy atom. The summed E-state index contributed by atoms with van der Waals surface area (Å²) in [6, 6.07) is 9.66. The summed E-state index contributed by atoms with van der Waals surface area (Å²) in [5.74, 6) is -2.99. The van der Waals surface area contributed by atoms with Gasteiger partial charge in [-0.3, -0.25) is 24.2 Å². The summed E-state index contributed by atoms with van der Waals surface area (Å²) >= 11 is 0. The number of nitrogens with zero attached hydrogens (tertiary/aromatic N) is 1. The van der Waals surface area contributed by atoms with Gasteiger partial charge in [-0.15, -0.1) is 0 Å². The van der Waals surface area contributed by atoms with Crippen LogP contribution in [0.5, 0.6) is 5.75 Å². The average molecular weight is 755 g/mol. The molecule has 4 amide bonds. The third-order valence-corrected chi connectivity index (χ3v) is 9.33. The van der Waals surface area contributed by atoms with Gasteiger partial charge in [0, 0.05) is 35.6 Å². The van der Waals surface area contributed by atoms with E-state index in [2.05, 4.69) is 25.9 Å². The summed E-state index contributed by atoms with van der Waals surface area (Å²) < 4.78 is 11.0. The summed E-state index contributed by atoms with van der Waals surface area (Å²) in [5.41, 5.74) is 18.1. The molecule has 4 rings (SSSR count). The first-order valence-corrected chi connectivity index (χ1v) is 17.6. The minimum atomic E-state index is -1.64. The molecule has 1 saturated heterocycles. The molecule has 294 valence electrons. The molecule has 1 aliphatic heterocycles. The number of aliphatic hydroxyl groups excluding tert-OH is 4. The van der Waals surface area contributed by atoms with Crippen LogP contribution in [0.3, 0.4) is 0 Å². The highest BCUT2D eigenvalue weighted by Crippen LogP contribution is 2.25. The molecule has 0 saturated carbocycles. The van der Waals surface area contributed by atoms with Crippen molar-refractivity contribution in [1.29, 1.82) is 0 Å². The summed E-state index contributed by atoms with van der Waals surface area (Å²) in [6.45, 7) is 3.15. The van der Waals surface area contributed by atoms with Crippen molar-refractivity contribution in [3.05, 3.63) is 65.9 Å². The van der Waals surface area contributed by atoms with E-state index in [-0.39, 0.29) is 49.0 Å². The number of primary amides is 1. The number of para-hydroxylation sites is 1. The predicted octanol–water partition coefficient (Wildman–Crippen LogP) is -1.76. The Balaban J connectivity index is 1.55. The number of guanidine groups is 1. The molecule has 1 aliphatic rings. The maximum atomic E-state index is 14.1. The number of aliphatic hydroxyl groups is 4. The number of hydrogen-bond acceptors (Lipinski definition) is 11. The number of nitrogens with two attached hydrogens (primary N) is 3.